The average Bonchev–Trinajstić information content (AvgIpc) is 2.05. The van der Waals surface area contributed by atoms with E-state index in [4.69, 9.17) is 15.6 Å². The zero-order valence-electron chi connectivity index (χ0n) is 8.32. The molecule has 0 fully saturated rings. The molecule has 0 saturated heterocycles. The van der Waals surface area contributed by atoms with Crippen molar-refractivity contribution in [3.05, 3.63) is 0 Å². The second-order valence-electron chi connectivity index (χ2n) is 3.15. The highest BCUT2D eigenvalue weighted by Gasteiger charge is 2.16. The number of carbonyl (C=O) groups excluding carboxylic acids is 1. The minimum Gasteiger partial charge on any atom is -0.462 e. The lowest BCUT2D eigenvalue weighted by atomic mass is 10.2. The van der Waals surface area contributed by atoms with Gasteiger partial charge in [-0.05, 0) is 19.8 Å². The molecule has 0 radical (unpaired) electrons. The average molecular weight is 189 g/mol. The van der Waals surface area contributed by atoms with Gasteiger partial charge in [-0.1, -0.05) is 13.3 Å². The van der Waals surface area contributed by atoms with Crippen LogP contribution in [0.2, 0.25) is 0 Å². The standard InChI is InChI=1S/C9H19NO3/c1-3-4-7(2)13-9(12)8(10)5-6-11/h7-8,11H,3-6,10H2,1-2H3. The van der Waals surface area contributed by atoms with Crippen LogP contribution in [0.15, 0.2) is 0 Å². The van der Waals surface area contributed by atoms with Gasteiger partial charge >= 0.3 is 5.97 Å². The number of carbonyl (C=O) groups is 1. The predicted molar refractivity (Wildman–Crippen MR) is 50.1 cm³/mol. The molecule has 78 valence electrons. The molecular formula is C9H19NO3. The van der Waals surface area contributed by atoms with Crippen molar-refractivity contribution >= 4 is 5.97 Å². The minimum atomic E-state index is -0.690. The molecule has 0 bridgehead atoms. The highest BCUT2D eigenvalue weighted by molar-refractivity contribution is 5.75. The van der Waals surface area contributed by atoms with E-state index in [0.29, 0.717) is 0 Å². The van der Waals surface area contributed by atoms with E-state index >= 15 is 0 Å². The molecule has 4 nitrogen and oxygen atoms in total. The third-order valence-electron chi connectivity index (χ3n) is 1.76. The van der Waals surface area contributed by atoms with Crippen LogP contribution in [0, 0.1) is 0 Å². The summed E-state index contributed by atoms with van der Waals surface area (Å²) in [6.45, 7) is 3.78. The van der Waals surface area contributed by atoms with Gasteiger partial charge in [0.15, 0.2) is 0 Å². The van der Waals surface area contributed by atoms with Crippen LogP contribution < -0.4 is 5.73 Å². The maximum Gasteiger partial charge on any atom is 0.323 e. The Hall–Kier alpha value is -0.610. The summed E-state index contributed by atoms with van der Waals surface area (Å²) in [7, 11) is 0. The van der Waals surface area contributed by atoms with E-state index in [2.05, 4.69) is 0 Å². The smallest absolute Gasteiger partial charge is 0.323 e. The van der Waals surface area contributed by atoms with E-state index in [1.54, 1.807) is 0 Å². The summed E-state index contributed by atoms with van der Waals surface area (Å²) in [4.78, 5) is 11.2. The number of esters is 1. The van der Waals surface area contributed by atoms with Crippen LogP contribution in [-0.2, 0) is 9.53 Å². The summed E-state index contributed by atoms with van der Waals surface area (Å²) < 4.78 is 5.03. The van der Waals surface area contributed by atoms with Crippen molar-refractivity contribution in [1.82, 2.24) is 0 Å². The second kappa shape index (κ2) is 6.86. The van der Waals surface area contributed by atoms with E-state index in [1.165, 1.54) is 0 Å². The van der Waals surface area contributed by atoms with Crippen molar-refractivity contribution < 1.29 is 14.6 Å². The van der Waals surface area contributed by atoms with Gasteiger partial charge in [0, 0.05) is 6.61 Å². The largest absolute Gasteiger partial charge is 0.462 e. The molecule has 13 heavy (non-hydrogen) atoms. The molecule has 3 N–H and O–H groups in total. The molecule has 0 rings (SSSR count). The molecule has 4 heteroatoms. The fourth-order valence-electron chi connectivity index (χ4n) is 1.01. The summed E-state index contributed by atoms with van der Waals surface area (Å²) in [6.07, 6.45) is 2.00. The van der Waals surface area contributed by atoms with E-state index in [0.717, 1.165) is 12.8 Å². The molecule has 0 amide bonds. The maximum absolute atomic E-state index is 11.2. The quantitative estimate of drug-likeness (QED) is 0.594. The van der Waals surface area contributed by atoms with Gasteiger partial charge < -0.3 is 15.6 Å². The Morgan fingerprint density at radius 1 is 1.54 bits per heavy atom. The van der Waals surface area contributed by atoms with Gasteiger partial charge in [0.05, 0.1) is 6.10 Å². The van der Waals surface area contributed by atoms with Crippen LogP contribution in [0.3, 0.4) is 0 Å². The third-order valence-corrected chi connectivity index (χ3v) is 1.76. The van der Waals surface area contributed by atoms with Crippen molar-refractivity contribution in [1.29, 1.82) is 0 Å². The predicted octanol–water partition coefficient (Wildman–Crippen LogP) is 0.428. The van der Waals surface area contributed by atoms with Crippen molar-refractivity contribution in [2.45, 2.75) is 45.3 Å². The van der Waals surface area contributed by atoms with Gasteiger partial charge in [-0.15, -0.1) is 0 Å². The number of aliphatic hydroxyl groups excluding tert-OH is 1. The summed E-state index contributed by atoms with van der Waals surface area (Å²) in [5.74, 6) is -0.421. The number of aliphatic hydroxyl groups is 1. The minimum absolute atomic E-state index is 0.0813. The maximum atomic E-state index is 11.2. The Balaban J connectivity index is 3.71. The van der Waals surface area contributed by atoms with E-state index in [1.807, 2.05) is 13.8 Å². The molecule has 0 aliphatic heterocycles. The second-order valence-corrected chi connectivity index (χ2v) is 3.15. The first-order chi connectivity index (χ1) is 6.11. The monoisotopic (exact) mass is 189 g/mol. The fourth-order valence-corrected chi connectivity index (χ4v) is 1.01. The number of hydrogen-bond donors (Lipinski definition) is 2. The highest BCUT2D eigenvalue weighted by Crippen LogP contribution is 2.03. The molecule has 0 aliphatic rings. The summed E-state index contributed by atoms with van der Waals surface area (Å²) >= 11 is 0. The van der Waals surface area contributed by atoms with Crippen molar-refractivity contribution in [3.8, 4) is 0 Å². The molecule has 0 aliphatic carbocycles. The van der Waals surface area contributed by atoms with Gasteiger partial charge in [-0.3, -0.25) is 4.79 Å². The molecule has 0 aromatic heterocycles. The van der Waals surface area contributed by atoms with Crippen molar-refractivity contribution in [2.75, 3.05) is 6.61 Å². The number of ether oxygens (including phenoxy) is 1. The molecule has 0 aromatic carbocycles. The normalized spacial score (nSPS) is 15.1. The van der Waals surface area contributed by atoms with Crippen LogP contribution in [0.4, 0.5) is 0 Å². The molecule has 2 atom stereocenters. The molecule has 0 heterocycles. The third kappa shape index (κ3) is 5.60. The van der Waals surface area contributed by atoms with E-state index < -0.39 is 12.0 Å². The molecule has 0 spiro atoms. The van der Waals surface area contributed by atoms with Crippen molar-refractivity contribution in [2.24, 2.45) is 5.73 Å². The zero-order valence-corrected chi connectivity index (χ0v) is 8.32. The number of nitrogens with two attached hydrogens (primary N) is 1. The Morgan fingerprint density at radius 3 is 2.62 bits per heavy atom. The van der Waals surface area contributed by atoms with Gasteiger partial charge in [-0.25, -0.2) is 0 Å². The molecule has 0 saturated carbocycles. The topological polar surface area (TPSA) is 72.5 Å². The lowest BCUT2D eigenvalue weighted by Crippen LogP contribution is -2.35. The SMILES string of the molecule is CCCC(C)OC(=O)C(N)CCO. The van der Waals surface area contributed by atoms with Gasteiger partial charge in [-0.2, -0.15) is 0 Å². The first kappa shape index (κ1) is 12.4. The Bertz CT molecular complexity index is 150. The molecule has 2 unspecified atom stereocenters. The lowest BCUT2D eigenvalue weighted by molar-refractivity contribution is -0.150. The Labute approximate surface area is 79.1 Å². The number of rotatable bonds is 6. The highest BCUT2D eigenvalue weighted by atomic mass is 16.5. The first-order valence-electron chi connectivity index (χ1n) is 4.68. The molecular weight excluding hydrogens is 170 g/mol. The van der Waals surface area contributed by atoms with Crippen LogP contribution >= 0.6 is 0 Å². The van der Waals surface area contributed by atoms with E-state index in [9.17, 15) is 4.79 Å². The van der Waals surface area contributed by atoms with Crippen LogP contribution in [0.1, 0.15) is 33.1 Å². The van der Waals surface area contributed by atoms with Crippen LogP contribution in [0.25, 0.3) is 0 Å². The molecule has 0 aromatic rings. The zero-order chi connectivity index (χ0) is 10.3. The lowest BCUT2D eigenvalue weighted by Gasteiger charge is -2.15. The number of hydrogen-bond acceptors (Lipinski definition) is 4. The summed E-state index contributed by atoms with van der Waals surface area (Å²) in [5.41, 5.74) is 5.44. The summed E-state index contributed by atoms with van der Waals surface area (Å²) in [5, 5.41) is 8.54. The Morgan fingerprint density at radius 2 is 2.15 bits per heavy atom. The van der Waals surface area contributed by atoms with Crippen LogP contribution in [-0.4, -0.2) is 29.8 Å². The van der Waals surface area contributed by atoms with Gasteiger partial charge in [0.25, 0.3) is 0 Å². The van der Waals surface area contributed by atoms with Gasteiger partial charge in [0.2, 0.25) is 0 Å². The van der Waals surface area contributed by atoms with Crippen molar-refractivity contribution in [3.63, 3.8) is 0 Å². The Kier molecular flexibility index (Phi) is 6.54. The summed E-state index contributed by atoms with van der Waals surface area (Å²) in [6, 6.07) is -0.690. The fraction of sp³-hybridized carbons (Fsp3) is 0.889. The van der Waals surface area contributed by atoms with Crippen LogP contribution in [0.5, 0.6) is 0 Å². The van der Waals surface area contributed by atoms with E-state index in [-0.39, 0.29) is 19.1 Å². The first-order valence-corrected chi connectivity index (χ1v) is 4.68. The van der Waals surface area contributed by atoms with Gasteiger partial charge in [0.1, 0.15) is 6.04 Å².